The Hall–Kier alpha value is -2.32. The van der Waals surface area contributed by atoms with Crippen molar-refractivity contribution in [1.29, 1.82) is 0 Å². The highest BCUT2D eigenvalue weighted by molar-refractivity contribution is 5.66. The molecule has 0 heterocycles. The lowest BCUT2D eigenvalue weighted by molar-refractivity contribution is -0.224. The van der Waals surface area contributed by atoms with Crippen LogP contribution in [0.25, 0.3) is 11.1 Å². The van der Waals surface area contributed by atoms with Crippen LogP contribution in [0.5, 0.6) is 5.75 Å². The predicted octanol–water partition coefficient (Wildman–Crippen LogP) is 11.2. The summed E-state index contributed by atoms with van der Waals surface area (Å²) in [5.41, 5.74) is -3.01. The molecule has 0 unspecified atom stereocenters. The monoisotopic (exact) mass is 602 g/mol. The van der Waals surface area contributed by atoms with Crippen LogP contribution < -0.4 is 4.74 Å². The summed E-state index contributed by atoms with van der Waals surface area (Å²) in [6.07, 6.45) is 3.43. The predicted molar refractivity (Wildman–Crippen MR) is 144 cm³/mol. The Kier molecular flexibility index (Phi) is 9.15. The molecule has 0 radical (unpaired) electrons. The third kappa shape index (κ3) is 6.91. The van der Waals surface area contributed by atoms with Crippen molar-refractivity contribution in [3.63, 3.8) is 0 Å². The summed E-state index contributed by atoms with van der Waals surface area (Å²) in [6, 6.07) is 3.37. The highest BCUT2D eigenvalue weighted by Gasteiger charge is 2.45. The highest BCUT2D eigenvalue weighted by Crippen LogP contribution is 2.48. The number of benzene rings is 2. The largest absolute Gasteiger partial charge is 0.432 e. The summed E-state index contributed by atoms with van der Waals surface area (Å²) >= 11 is 0. The Balaban J connectivity index is 1.15. The first-order chi connectivity index (χ1) is 19.8. The fourth-order valence-electron chi connectivity index (χ4n) is 7.81. The highest BCUT2D eigenvalue weighted by atomic mass is 19.4. The van der Waals surface area contributed by atoms with E-state index in [1.54, 1.807) is 0 Å². The van der Waals surface area contributed by atoms with Gasteiger partial charge in [0, 0.05) is 11.6 Å². The van der Waals surface area contributed by atoms with Crippen LogP contribution in [-0.4, -0.2) is 6.11 Å². The van der Waals surface area contributed by atoms with Crippen LogP contribution in [0.1, 0.15) is 89.5 Å². The quantitative estimate of drug-likeness (QED) is 0.299. The van der Waals surface area contributed by atoms with E-state index in [0.717, 1.165) is 29.9 Å². The van der Waals surface area contributed by atoms with Gasteiger partial charge in [-0.1, -0.05) is 19.8 Å². The molecule has 0 amide bonds. The van der Waals surface area contributed by atoms with Crippen molar-refractivity contribution in [3.8, 4) is 16.9 Å². The smallest absolute Gasteiger partial charge is 0.422 e. The number of hydrogen-bond acceptors (Lipinski definition) is 1. The second kappa shape index (κ2) is 12.4. The zero-order valence-electron chi connectivity index (χ0n) is 23.8. The van der Waals surface area contributed by atoms with Crippen LogP contribution in [0.4, 0.5) is 35.1 Å². The van der Waals surface area contributed by atoms with Crippen LogP contribution in [0, 0.1) is 53.0 Å². The van der Waals surface area contributed by atoms with Gasteiger partial charge in [-0.05, 0) is 124 Å². The van der Waals surface area contributed by atoms with Crippen molar-refractivity contribution in [3.05, 3.63) is 53.3 Å². The van der Waals surface area contributed by atoms with Gasteiger partial charge in [0.1, 0.15) is 28.8 Å². The maximum Gasteiger partial charge on any atom is 0.422 e. The van der Waals surface area contributed by atoms with Crippen LogP contribution >= 0.6 is 0 Å². The van der Waals surface area contributed by atoms with E-state index in [1.807, 2.05) is 0 Å². The van der Waals surface area contributed by atoms with E-state index in [2.05, 4.69) is 6.92 Å². The standard InChI is InChI=1S/C33H38F8O/c1-19-2-4-20(5-3-19)21-6-8-22(9-7-21)23-10-12-25(13-11-23)33(40,41)42-26-14-15-27(28(34)18-26)24-16-29(35)31(30(36)17-24)32(37,38)39/h14-23,25H,2-13H2,1H3. The van der Waals surface area contributed by atoms with E-state index in [4.69, 9.17) is 4.74 Å². The Morgan fingerprint density at radius 2 is 1.05 bits per heavy atom. The van der Waals surface area contributed by atoms with Gasteiger partial charge in [-0.25, -0.2) is 13.2 Å². The normalized spacial score (nSPS) is 29.4. The van der Waals surface area contributed by atoms with Crippen molar-refractivity contribution in [2.45, 2.75) is 96.3 Å². The SMILES string of the molecule is CC1CCC(C2CCC(C3CCC(C(F)(F)Oc4ccc(-c5cc(F)c(C(F)(F)F)c(F)c5)c(F)c4)CC3)CC2)CC1. The molecule has 42 heavy (non-hydrogen) atoms. The van der Waals surface area contributed by atoms with E-state index in [0.29, 0.717) is 55.7 Å². The minimum absolute atomic E-state index is 0.308. The van der Waals surface area contributed by atoms with E-state index >= 15 is 8.78 Å². The Labute approximate surface area is 242 Å². The molecule has 0 atom stereocenters. The van der Waals surface area contributed by atoms with Gasteiger partial charge in [0.2, 0.25) is 0 Å². The Morgan fingerprint density at radius 1 is 0.595 bits per heavy atom. The summed E-state index contributed by atoms with van der Waals surface area (Å²) in [5, 5.41) is 0. The number of halogens is 8. The molecule has 3 saturated carbocycles. The number of hydrogen-bond donors (Lipinski definition) is 0. The molecular formula is C33H38F8O. The minimum atomic E-state index is -5.26. The van der Waals surface area contributed by atoms with E-state index in [9.17, 15) is 26.3 Å². The molecule has 3 aliphatic carbocycles. The van der Waals surface area contributed by atoms with Gasteiger partial charge in [-0.15, -0.1) is 0 Å². The molecule has 5 rings (SSSR count). The van der Waals surface area contributed by atoms with Gasteiger partial charge in [0.05, 0.1) is 5.92 Å². The van der Waals surface area contributed by atoms with Crippen molar-refractivity contribution in [2.24, 2.45) is 35.5 Å². The summed E-state index contributed by atoms with van der Waals surface area (Å²) in [5.74, 6) is -2.90. The molecule has 0 spiro atoms. The molecule has 2 aromatic carbocycles. The third-order valence-electron chi connectivity index (χ3n) is 10.3. The minimum Gasteiger partial charge on any atom is -0.432 e. The zero-order chi connectivity index (χ0) is 30.2. The molecule has 232 valence electrons. The maximum atomic E-state index is 15.1. The summed E-state index contributed by atoms with van der Waals surface area (Å²) in [7, 11) is 0. The van der Waals surface area contributed by atoms with Gasteiger partial charge in [-0.3, -0.25) is 0 Å². The lowest BCUT2D eigenvalue weighted by atomic mass is 9.65. The van der Waals surface area contributed by atoms with E-state index in [1.165, 1.54) is 51.4 Å². The first kappa shape index (κ1) is 31.1. The first-order valence-corrected chi connectivity index (χ1v) is 15.2. The molecule has 3 aliphatic rings. The number of rotatable bonds is 6. The fraction of sp³-hybridized carbons (Fsp3) is 0.636. The molecule has 0 aliphatic heterocycles. The van der Waals surface area contributed by atoms with Gasteiger partial charge >= 0.3 is 12.3 Å². The first-order valence-electron chi connectivity index (χ1n) is 15.2. The van der Waals surface area contributed by atoms with Crippen molar-refractivity contribution in [2.75, 3.05) is 0 Å². The van der Waals surface area contributed by atoms with Crippen molar-refractivity contribution < 1.29 is 39.9 Å². The molecule has 9 heteroatoms. The molecular weight excluding hydrogens is 564 g/mol. The molecule has 0 saturated heterocycles. The number of alkyl halides is 5. The van der Waals surface area contributed by atoms with Crippen LogP contribution in [0.15, 0.2) is 30.3 Å². The molecule has 0 N–H and O–H groups in total. The summed E-state index contributed by atoms with van der Waals surface area (Å²) in [4.78, 5) is 0. The second-order valence-corrected chi connectivity index (χ2v) is 12.9. The van der Waals surface area contributed by atoms with Gasteiger partial charge in [-0.2, -0.15) is 22.0 Å². The molecule has 1 nitrogen and oxygen atoms in total. The van der Waals surface area contributed by atoms with Crippen molar-refractivity contribution >= 4 is 0 Å². The fourth-order valence-corrected chi connectivity index (χ4v) is 7.81. The maximum absolute atomic E-state index is 15.1. The Morgan fingerprint density at radius 3 is 1.50 bits per heavy atom. The van der Waals surface area contributed by atoms with Gasteiger partial charge in [0.25, 0.3) is 0 Å². The van der Waals surface area contributed by atoms with Crippen LogP contribution in [-0.2, 0) is 6.18 Å². The molecule has 3 fully saturated rings. The number of ether oxygens (including phenoxy) is 1. The lowest BCUT2D eigenvalue weighted by Crippen LogP contribution is -2.38. The molecule has 2 aromatic rings. The lowest BCUT2D eigenvalue weighted by Gasteiger charge is -2.41. The van der Waals surface area contributed by atoms with Crippen molar-refractivity contribution in [1.82, 2.24) is 0 Å². The van der Waals surface area contributed by atoms with Gasteiger partial charge < -0.3 is 4.74 Å². The molecule has 0 bridgehead atoms. The summed E-state index contributed by atoms with van der Waals surface area (Å²) in [6.45, 7) is 2.34. The third-order valence-corrected chi connectivity index (χ3v) is 10.3. The van der Waals surface area contributed by atoms with E-state index < -0.39 is 58.1 Å². The summed E-state index contributed by atoms with van der Waals surface area (Å²) < 4.78 is 116. The van der Waals surface area contributed by atoms with Crippen LogP contribution in [0.3, 0.4) is 0 Å². The van der Waals surface area contributed by atoms with Crippen LogP contribution in [0.2, 0.25) is 0 Å². The second-order valence-electron chi connectivity index (χ2n) is 12.9. The average molecular weight is 603 g/mol. The molecule has 0 aromatic heterocycles. The van der Waals surface area contributed by atoms with Gasteiger partial charge in [0.15, 0.2) is 0 Å². The average Bonchev–Trinajstić information content (AvgIpc) is 2.92. The van der Waals surface area contributed by atoms with E-state index in [-0.39, 0.29) is 0 Å². The topological polar surface area (TPSA) is 9.23 Å². The Bertz CT molecular complexity index is 1190. The zero-order valence-corrected chi connectivity index (χ0v) is 23.8.